The largest absolute Gasteiger partial charge is 0.453 e. The molecule has 1 heterocycles. The molecule has 8 nitrogen and oxygen atoms in total. The summed E-state index contributed by atoms with van der Waals surface area (Å²) in [6.07, 6.45) is 8.04. The van der Waals surface area contributed by atoms with Crippen molar-refractivity contribution >= 4 is 12.1 Å². The van der Waals surface area contributed by atoms with E-state index >= 15 is 0 Å². The van der Waals surface area contributed by atoms with Gasteiger partial charge < -0.3 is 30.3 Å². The SMILES string of the molecule is CNC[C@H](CC1(C)CCCCC1)NC(=O)N1CCC[C@@H](C(OCCNC(=O)OC)c2cccc(F)c2)C1. The van der Waals surface area contributed by atoms with Crippen LogP contribution in [0.2, 0.25) is 0 Å². The molecule has 1 aliphatic carbocycles. The van der Waals surface area contributed by atoms with E-state index in [1.807, 2.05) is 18.0 Å². The number of hydrogen-bond acceptors (Lipinski definition) is 5. The molecule has 0 spiro atoms. The number of methoxy groups -OCH3 is 1. The van der Waals surface area contributed by atoms with Crippen LogP contribution in [0.3, 0.4) is 0 Å². The van der Waals surface area contributed by atoms with E-state index in [4.69, 9.17) is 4.74 Å². The van der Waals surface area contributed by atoms with Gasteiger partial charge in [0.25, 0.3) is 0 Å². The second-order valence-corrected chi connectivity index (χ2v) is 10.9. The van der Waals surface area contributed by atoms with Crippen LogP contribution in [0.5, 0.6) is 0 Å². The van der Waals surface area contributed by atoms with Crippen molar-refractivity contribution in [2.45, 2.75) is 70.4 Å². The number of hydrogen-bond donors (Lipinski definition) is 3. The summed E-state index contributed by atoms with van der Waals surface area (Å²) in [5.74, 6) is -0.312. The van der Waals surface area contributed by atoms with E-state index in [9.17, 15) is 14.0 Å². The van der Waals surface area contributed by atoms with Gasteiger partial charge in [0.05, 0.1) is 19.8 Å². The molecule has 2 fully saturated rings. The van der Waals surface area contributed by atoms with Crippen molar-refractivity contribution in [3.63, 3.8) is 0 Å². The highest BCUT2D eigenvalue weighted by Crippen LogP contribution is 2.39. The third-order valence-corrected chi connectivity index (χ3v) is 7.78. The number of likely N-dealkylation sites (tertiary alicyclic amines) is 1. The minimum Gasteiger partial charge on any atom is -0.453 e. The van der Waals surface area contributed by atoms with Crippen LogP contribution in [0.15, 0.2) is 24.3 Å². The molecule has 0 aromatic heterocycles. The molecule has 37 heavy (non-hydrogen) atoms. The molecule has 1 aromatic carbocycles. The van der Waals surface area contributed by atoms with Gasteiger partial charge in [-0.1, -0.05) is 38.3 Å². The first-order valence-electron chi connectivity index (χ1n) is 13.7. The second-order valence-electron chi connectivity index (χ2n) is 10.9. The van der Waals surface area contributed by atoms with E-state index in [1.165, 1.54) is 51.3 Å². The quantitative estimate of drug-likeness (QED) is 0.371. The molecule has 1 aliphatic heterocycles. The highest BCUT2D eigenvalue weighted by atomic mass is 19.1. The van der Waals surface area contributed by atoms with Crippen molar-refractivity contribution in [3.8, 4) is 0 Å². The van der Waals surface area contributed by atoms with E-state index in [2.05, 4.69) is 27.6 Å². The first kappa shape index (κ1) is 29.2. The van der Waals surface area contributed by atoms with Gasteiger partial charge in [-0.15, -0.1) is 0 Å². The average Bonchev–Trinajstić information content (AvgIpc) is 2.89. The molecule has 1 saturated heterocycles. The number of urea groups is 1. The summed E-state index contributed by atoms with van der Waals surface area (Å²) in [7, 11) is 3.24. The molecule has 9 heteroatoms. The van der Waals surface area contributed by atoms with Gasteiger partial charge in [0.1, 0.15) is 5.82 Å². The summed E-state index contributed by atoms with van der Waals surface area (Å²) >= 11 is 0. The molecule has 1 aromatic rings. The van der Waals surface area contributed by atoms with E-state index in [0.717, 1.165) is 31.4 Å². The number of rotatable bonds is 11. The van der Waals surface area contributed by atoms with Crippen LogP contribution in [0.1, 0.15) is 70.0 Å². The van der Waals surface area contributed by atoms with Crippen LogP contribution in [0, 0.1) is 17.2 Å². The Hall–Kier alpha value is -2.39. The molecule has 3 rings (SSSR count). The Labute approximate surface area is 221 Å². The Bertz CT molecular complexity index is 864. The highest BCUT2D eigenvalue weighted by Gasteiger charge is 2.34. The van der Waals surface area contributed by atoms with Crippen molar-refractivity contribution < 1.29 is 23.5 Å². The molecular formula is C28H45FN4O4. The molecule has 3 N–H and O–H groups in total. The predicted octanol–water partition coefficient (Wildman–Crippen LogP) is 4.61. The van der Waals surface area contributed by atoms with Crippen LogP contribution in [0.4, 0.5) is 14.0 Å². The van der Waals surface area contributed by atoms with Gasteiger partial charge in [0.2, 0.25) is 0 Å². The normalized spacial score (nSPS) is 21.1. The monoisotopic (exact) mass is 520 g/mol. The number of amides is 3. The number of likely N-dealkylation sites (N-methyl/N-ethyl adjacent to an activating group) is 1. The first-order chi connectivity index (χ1) is 17.8. The number of nitrogens with zero attached hydrogens (tertiary/aromatic N) is 1. The zero-order valence-corrected chi connectivity index (χ0v) is 22.7. The minimum atomic E-state index is -0.523. The third-order valence-electron chi connectivity index (χ3n) is 7.78. The fourth-order valence-electron chi connectivity index (χ4n) is 5.93. The molecule has 0 bridgehead atoms. The lowest BCUT2D eigenvalue weighted by atomic mass is 9.72. The molecule has 1 saturated carbocycles. The zero-order valence-electron chi connectivity index (χ0n) is 22.7. The highest BCUT2D eigenvalue weighted by molar-refractivity contribution is 5.74. The number of carbonyl (C=O) groups is 2. The van der Waals surface area contributed by atoms with Gasteiger partial charge in [-0.3, -0.25) is 0 Å². The second kappa shape index (κ2) is 14.5. The lowest BCUT2D eigenvalue weighted by Gasteiger charge is -2.39. The summed E-state index contributed by atoms with van der Waals surface area (Å²) < 4.78 is 24.8. The Kier molecular flexibility index (Phi) is 11.4. The van der Waals surface area contributed by atoms with E-state index in [0.29, 0.717) is 13.1 Å². The standard InChI is InChI=1S/C28H45FN4O4/c1-28(12-5-4-6-13-28)18-24(19-30-2)32-26(34)33-15-8-10-22(20-33)25(21-9-7-11-23(29)17-21)37-16-14-31-27(35)36-3/h7,9,11,17,22,24-25,30H,4-6,8,10,12-16,18-20H2,1-3H3,(H,31,35)(H,32,34)/t22-,24+,25?/m1/s1. The van der Waals surface area contributed by atoms with Crippen molar-refractivity contribution in [1.82, 2.24) is 20.9 Å². The van der Waals surface area contributed by atoms with Crippen molar-refractivity contribution in [1.29, 1.82) is 0 Å². The molecule has 2 aliphatic rings. The van der Waals surface area contributed by atoms with E-state index < -0.39 is 6.09 Å². The number of halogens is 1. The summed E-state index contributed by atoms with van der Waals surface area (Å²) in [5, 5.41) is 9.16. The van der Waals surface area contributed by atoms with Gasteiger partial charge in [-0.25, -0.2) is 14.0 Å². The van der Waals surface area contributed by atoms with Gasteiger partial charge >= 0.3 is 12.1 Å². The number of piperidine rings is 1. The fraction of sp³-hybridized carbons (Fsp3) is 0.714. The van der Waals surface area contributed by atoms with E-state index in [1.54, 1.807) is 6.07 Å². The van der Waals surface area contributed by atoms with Crippen LogP contribution in [-0.2, 0) is 9.47 Å². The maximum absolute atomic E-state index is 14.1. The van der Waals surface area contributed by atoms with Crippen molar-refractivity contribution in [2.75, 3.05) is 46.9 Å². The molecule has 0 radical (unpaired) electrons. The Morgan fingerprint density at radius 2 is 2.00 bits per heavy atom. The Balaban J connectivity index is 1.64. The first-order valence-corrected chi connectivity index (χ1v) is 13.7. The van der Waals surface area contributed by atoms with Crippen molar-refractivity contribution in [2.24, 2.45) is 11.3 Å². The molecule has 208 valence electrons. The number of benzene rings is 1. The van der Waals surface area contributed by atoms with Crippen LogP contribution < -0.4 is 16.0 Å². The zero-order chi connectivity index (χ0) is 26.7. The number of alkyl carbamates (subject to hydrolysis) is 1. The number of carbonyl (C=O) groups excluding carboxylic acids is 2. The average molecular weight is 521 g/mol. The summed E-state index contributed by atoms with van der Waals surface area (Å²) in [6.45, 7) is 4.84. The maximum Gasteiger partial charge on any atom is 0.406 e. The molecule has 1 unspecified atom stereocenters. The van der Waals surface area contributed by atoms with Gasteiger partial charge in [-0.05, 0) is 62.3 Å². The molecule has 3 amide bonds. The lowest BCUT2D eigenvalue weighted by Crippen LogP contribution is -2.52. The summed E-state index contributed by atoms with van der Waals surface area (Å²) in [4.78, 5) is 26.6. The van der Waals surface area contributed by atoms with Crippen molar-refractivity contribution in [3.05, 3.63) is 35.6 Å². The van der Waals surface area contributed by atoms with Gasteiger partial charge in [0, 0.05) is 38.1 Å². The van der Waals surface area contributed by atoms with E-state index in [-0.39, 0.29) is 48.5 Å². The smallest absolute Gasteiger partial charge is 0.406 e. The van der Waals surface area contributed by atoms with Crippen LogP contribution >= 0.6 is 0 Å². The lowest BCUT2D eigenvalue weighted by molar-refractivity contribution is -0.00885. The molecular weight excluding hydrogens is 475 g/mol. The molecule has 3 atom stereocenters. The minimum absolute atomic E-state index is 0.0121. The number of nitrogens with one attached hydrogen (secondary N) is 3. The fourth-order valence-corrected chi connectivity index (χ4v) is 5.93. The summed E-state index contributed by atoms with van der Waals surface area (Å²) in [5.41, 5.74) is 1.01. The predicted molar refractivity (Wildman–Crippen MR) is 142 cm³/mol. The Morgan fingerprint density at radius 3 is 2.70 bits per heavy atom. The summed E-state index contributed by atoms with van der Waals surface area (Å²) in [6, 6.07) is 6.46. The van der Waals surface area contributed by atoms with Gasteiger partial charge in [-0.2, -0.15) is 0 Å². The number of ether oxygens (including phenoxy) is 2. The van der Waals surface area contributed by atoms with Crippen LogP contribution in [-0.4, -0.2) is 70.0 Å². The topological polar surface area (TPSA) is 91.9 Å². The van der Waals surface area contributed by atoms with Crippen LogP contribution in [0.25, 0.3) is 0 Å². The van der Waals surface area contributed by atoms with Gasteiger partial charge in [0.15, 0.2) is 0 Å². The maximum atomic E-state index is 14.1. The third kappa shape index (κ3) is 9.14. The Morgan fingerprint density at radius 1 is 1.22 bits per heavy atom.